The number of halogens is 1. The number of methoxy groups -OCH3 is 1. The number of ether oxygens (including phenoxy) is 6. The fraction of sp³-hybridized carbons (Fsp3) is 0.275. The van der Waals surface area contributed by atoms with E-state index in [9.17, 15) is 0 Å². The zero-order chi connectivity index (χ0) is 40.7. The first kappa shape index (κ1) is 39.6. The van der Waals surface area contributed by atoms with E-state index in [1.807, 2.05) is 114 Å². The smallest absolute Gasteiger partial charge is 0.198 e. The van der Waals surface area contributed by atoms with Crippen LogP contribution in [0.25, 0.3) is 33.4 Å². The second-order valence-corrected chi connectivity index (χ2v) is 15.4. The highest BCUT2D eigenvalue weighted by Crippen LogP contribution is 2.42. The monoisotopic (exact) mass is 804 g/mol. The lowest BCUT2D eigenvalue weighted by Gasteiger charge is -2.36. The molecule has 8 nitrogen and oxygen atoms in total. The summed E-state index contributed by atoms with van der Waals surface area (Å²) in [7, 11) is 1.65. The van der Waals surface area contributed by atoms with E-state index in [4.69, 9.17) is 33.4 Å². The van der Waals surface area contributed by atoms with Crippen molar-refractivity contribution in [3.63, 3.8) is 0 Å². The summed E-state index contributed by atoms with van der Waals surface area (Å²) in [5.74, 6) is 0.964. The molecule has 2 aliphatic rings. The van der Waals surface area contributed by atoms with Crippen molar-refractivity contribution in [3.8, 4) is 34.0 Å². The topological polar surface area (TPSA) is 73.2 Å². The normalized spacial score (nSPS) is 18.1. The third-order valence-corrected chi connectivity index (χ3v) is 11.4. The molecule has 0 bridgehead atoms. The molecule has 0 N–H and O–H groups in total. The van der Waals surface area contributed by atoms with Crippen LogP contribution in [0.4, 0.5) is 4.39 Å². The zero-order valence-electron chi connectivity index (χ0n) is 33.8. The molecule has 9 rings (SSSR count). The quantitative estimate of drug-likeness (QED) is 0.0755. The molecule has 2 fully saturated rings. The Morgan fingerprint density at radius 3 is 1.93 bits per heavy atom. The van der Waals surface area contributed by atoms with Gasteiger partial charge in [-0.3, -0.25) is 4.57 Å². The molecule has 0 saturated carbocycles. The van der Waals surface area contributed by atoms with Crippen molar-refractivity contribution in [2.75, 3.05) is 40.1 Å². The number of pyridine rings is 1. The average molecular weight is 805 g/mol. The van der Waals surface area contributed by atoms with Crippen LogP contribution in [0.2, 0.25) is 0 Å². The molecule has 306 valence electrons. The maximum atomic E-state index is 16.1. The van der Waals surface area contributed by atoms with Crippen LogP contribution >= 0.6 is 0 Å². The Balaban J connectivity index is 0.952. The highest BCUT2D eigenvalue weighted by molar-refractivity contribution is 5.82. The zero-order valence-corrected chi connectivity index (χ0v) is 33.8. The summed E-state index contributed by atoms with van der Waals surface area (Å²) in [5.41, 5.74) is 6.55. The minimum absolute atomic E-state index is 0.216. The molecule has 60 heavy (non-hydrogen) atoms. The van der Waals surface area contributed by atoms with Gasteiger partial charge in [-0.2, -0.15) is 0 Å². The van der Waals surface area contributed by atoms with E-state index in [-0.39, 0.29) is 24.1 Å². The standard InChI is InChI=1S/C51H49FN2O6/c1-55-29-30-56-42-26-24-37(25-27-42)36-20-22-38(23-21-36)50-45(52)32-47-46(53-50)33-49(54(47)48-19-11-12-28-57-48)60-44-31-43(58-34-44)35-59-51(39-13-5-2-6-14-39,40-15-7-3-8-16-40)41-17-9-4-10-18-41/h2-10,13-18,20-27,32-33,43-44,48H,11-12,19,28-31,34-35H2,1H3/t43?,44-,48?/m0/s1. The number of benzene rings is 5. The summed E-state index contributed by atoms with van der Waals surface area (Å²) in [4.78, 5) is 4.89. The average Bonchev–Trinajstić information content (AvgIpc) is 3.91. The number of rotatable bonds is 15. The third-order valence-electron chi connectivity index (χ3n) is 11.4. The van der Waals surface area contributed by atoms with Gasteiger partial charge in [-0.15, -0.1) is 0 Å². The van der Waals surface area contributed by atoms with E-state index in [0.717, 1.165) is 52.8 Å². The molecule has 2 aliphatic heterocycles. The van der Waals surface area contributed by atoms with Gasteiger partial charge < -0.3 is 28.4 Å². The number of aromatic nitrogens is 2. The first-order valence-corrected chi connectivity index (χ1v) is 20.8. The van der Waals surface area contributed by atoms with Gasteiger partial charge in [-0.1, -0.05) is 127 Å². The van der Waals surface area contributed by atoms with Crippen LogP contribution in [0.3, 0.4) is 0 Å². The maximum Gasteiger partial charge on any atom is 0.198 e. The fourth-order valence-electron chi connectivity index (χ4n) is 8.45. The number of fused-ring (bicyclic) bond motifs is 1. The number of hydrogen-bond donors (Lipinski definition) is 0. The number of nitrogens with zero attached hydrogens (tertiary/aromatic N) is 2. The Bertz CT molecular complexity index is 2360. The molecule has 0 spiro atoms. The first-order valence-electron chi connectivity index (χ1n) is 20.8. The van der Waals surface area contributed by atoms with Crippen LogP contribution in [0, 0.1) is 5.82 Å². The molecule has 7 aromatic rings. The number of hydrogen-bond acceptors (Lipinski definition) is 7. The predicted molar refractivity (Wildman–Crippen MR) is 231 cm³/mol. The molecule has 0 aliphatic carbocycles. The SMILES string of the molecule is COCCOc1ccc(-c2ccc(-c3nc4cc(O[C@@H]5COC(COC(c6ccccc6)(c6ccccc6)c6ccccc6)C5)n(C5CCCCO5)c4cc3F)cc2)cc1. The Kier molecular flexibility index (Phi) is 12.0. The fourth-order valence-corrected chi connectivity index (χ4v) is 8.45. The van der Waals surface area contributed by atoms with Crippen molar-refractivity contribution in [2.24, 2.45) is 0 Å². The summed E-state index contributed by atoms with van der Waals surface area (Å²) in [6.07, 6.45) is 2.64. The van der Waals surface area contributed by atoms with Crippen LogP contribution in [0.1, 0.15) is 48.6 Å². The van der Waals surface area contributed by atoms with Gasteiger partial charge in [-0.25, -0.2) is 9.37 Å². The van der Waals surface area contributed by atoms with Gasteiger partial charge in [0.1, 0.15) is 36.0 Å². The molecule has 0 amide bonds. The van der Waals surface area contributed by atoms with Gasteiger partial charge in [0, 0.05) is 37.8 Å². The van der Waals surface area contributed by atoms with Gasteiger partial charge in [0.2, 0.25) is 0 Å². The van der Waals surface area contributed by atoms with Crippen LogP contribution in [-0.4, -0.2) is 61.9 Å². The lowest BCUT2D eigenvalue weighted by atomic mass is 9.80. The van der Waals surface area contributed by atoms with Crippen LogP contribution in [0.15, 0.2) is 152 Å². The van der Waals surface area contributed by atoms with Crippen LogP contribution in [0.5, 0.6) is 11.6 Å². The van der Waals surface area contributed by atoms with Crippen molar-refractivity contribution >= 4 is 11.0 Å². The molecule has 2 saturated heterocycles. The Morgan fingerprint density at radius 2 is 1.33 bits per heavy atom. The minimum atomic E-state index is -0.851. The molecule has 0 radical (unpaired) electrons. The van der Waals surface area contributed by atoms with Gasteiger partial charge in [-0.05, 0) is 59.2 Å². The summed E-state index contributed by atoms with van der Waals surface area (Å²) in [5, 5.41) is 0. The molecule has 2 unspecified atom stereocenters. The Hall–Kier alpha value is -5.84. The van der Waals surface area contributed by atoms with Crippen LogP contribution in [-0.2, 0) is 24.5 Å². The lowest BCUT2D eigenvalue weighted by molar-refractivity contribution is -0.0461. The Labute approximate surface area is 350 Å². The molecule has 2 aromatic heterocycles. The highest BCUT2D eigenvalue weighted by atomic mass is 19.1. The minimum Gasteiger partial charge on any atom is -0.491 e. The van der Waals surface area contributed by atoms with Crippen molar-refractivity contribution < 1.29 is 32.8 Å². The highest BCUT2D eigenvalue weighted by Gasteiger charge is 2.40. The maximum absolute atomic E-state index is 16.1. The van der Waals surface area contributed by atoms with Crippen molar-refractivity contribution in [2.45, 2.75) is 49.7 Å². The van der Waals surface area contributed by atoms with Crippen molar-refractivity contribution in [1.82, 2.24) is 9.55 Å². The molecule has 9 heteroatoms. The largest absolute Gasteiger partial charge is 0.491 e. The summed E-state index contributed by atoms with van der Waals surface area (Å²) < 4.78 is 55.4. The lowest BCUT2D eigenvalue weighted by Crippen LogP contribution is -2.35. The third kappa shape index (κ3) is 8.31. The van der Waals surface area contributed by atoms with E-state index in [0.29, 0.717) is 61.9 Å². The van der Waals surface area contributed by atoms with E-state index in [1.54, 1.807) is 13.2 Å². The van der Waals surface area contributed by atoms with Crippen LogP contribution < -0.4 is 9.47 Å². The van der Waals surface area contributed by atoms with Gasteiger partial charge >= 0.3 is 0 Å². The summed E-state index contributed by atoms with van der Waals surface area (Å²) in [6.45, 7) is 2.38. The molecule has 3 atom stereocenters. The predicted octanol–water partition coefficient (Wildman–Crippen LogP) is 10.8. The van der Waals surface area contributed by atoms with Gasteiger partial charge in [0.05, 0.1) is 37.0 Å². The van der Waals surface area contributed by atoms with Crippen molar-refractivity contribution in [3.05, 3.63) is 174 Å². The Morgan fingerprint density at radius 1 is 0.717 bits per heavy atom. The molecular formula is C51H49FN2O6. The van der Waals surface area contributed by atoms with Gasteiger partial charge in [0.15, 0.2) is 11.7 Å². The van der Waals surface area contributed by atoms with E-state index in [1.165, 1.54) is 0 Å². The van der Waals surface area contributed by atoms with Gasteiger partial charge in [0.25, 0.3) is 0 Å². The van der Waals surface area contributed by atoms with Crippen molar-refractivity contribution in [1.29, 1.82) is 0 Å². The summed E-state index contributed by atoms with van der Waals surface area (Å²) in [6, 6.07) is 50.2. The molecule has 5 aromatic carbocycles. The second kappa shape index (κ2) is 18.2. The molecule has 4 heterocycles. The van der Waals surface area contributed by atoms with E-state index >= 15 is 4.39 Å². The summed E-state index contributed by atoms with van der Waals surface area (Å²) >= 11 is 0. The van der Waals surface area contributed by atoms with E-state index in [2.05, 4.69) is 36.4 Å². The molecular weight excluding hydrogens is 756 g/mol. The second-order valence-electron chi connectivity index (χ2n) is 15.4. The van der Waals surface area contributed by atoms with E-state index < -0.39 is 11.4 Å². The first-order chi connectivity index (χ1) is 29.6.